The lowest BCUT2D eigenvalue weighted by molar-refractivity contribution is 0.230. The molecule has 16 heavy (non-hydrogen) atoms. The van der Waals surface area contributed by atoms with Crippen molar-refractivity contribution in [3.63, 3.8) is 0 Å². The van der Waals surface area contributed by atoms with Gasteiger partial charge in [0.25, 0.3) is 0 Å². The van der Waals surface area contributed by atoms with Crippen LogP contribution in [-0.2, 0) is 6.54 Å². The lowest BCUT2D eigenvalue weighted by atomic mass is 10.1. The van der Waals surface area contributed by atoms with Crippen molar-refractivity contribution in [3.8, 4) is 11.5 Å². The van der Waals surface area contributed by atoms with Crippen molar-refractivity contribution in [1.82, 2.24) is 10.2 Å². The van der Waals surface area contributed by atoms with E-state index < -0.39 is 0 Å². The van der Waals surface area contributed by atoms with Gasteiger partial charge in [-0.15, -0.1) is 0 Å². The van der Waals surface area contributed by atoms with Crippen LogP contribution in [-0.4, -0.2) is 41.3 Å². The molecule has 1 heterocycles. The summed E-state index contributed by atoms with van der Waals surface area (Å²) in [6.45, 7) is 6.47. The lowest BCUT2D eigenvalue weighted by Crippen LogP contribution is -2.42. The molecule has 0 bridgehead atoms. The minimum atomic E-state index is 0.154. The Morgan fingerprint density at radius 2 is 1.94 bits per heavy atom. The molecule has 0 atom stereocenters. The van der Waals surface area contributed by atoms with Gasteiger partial charge in [0.2, 0.25) is 0 Å². The molecule has 0 saturated carbocycles. The Morgan fingerprint density at radius 1 is 1.25 bits per heavy atom. The van der Waals surface area contributed by atoms with Gasteiger partial charge in [0.15, 0.2) is 0 Å². The van der Waals surface area contributed by atoms with Gasteiger partial charge in [-0.2, -0.15) is 0 Å². The molecule has 1 saturated heterocycles. The number of benzene rings is 1. The third-order valence-electron chi connectivity index (χ3n) is 3.09. The van der Waals surface area contributed by atoms with Crippen LogP contribution in [0.3, 0.4) is 0 Å². The van der Waals surface area contributed by atoms with E-state index in [1.165, 1.54) is 0 Å². The first-order valence-electron chi connectivity index (χ1n) is 5.62. The first-order chi connectivity index (χ1) is 7.68. The van der Waals surface area contributed by atoms with Crippen LogP contribution in [0.25, 0.3) is 0 Å². The minimum Gasteiger partial charge on any atom is -0.508 e. The van der Waals surface area contributed by atoms with Crippen LogP contribution in [0.5, 0.6) is 11.5 Å². The predicted molar refractivity (Wildman–Crippen MR) is 62.7 cm³/mol. The Labute approximate surface area is 95.5 Å². The molecule has 0 aromatic heterocycles. The van der Waals surface area contributed by atoms with Crippen molar-refractivity contribution < 1.29 is 10.2 Å². The van der Waals surface area contributed by atoms with E-state index in [9.17, 15) is 10.2 Å². The molecule has 1 aromatic carbocycles. The van der Waals surface area contributed by atoms with Gasteiger partial charge in [-0.05, 0) is 13.0 Å². The Morgan fingerprint density at radius 3 is 2.62 bits per heavy atom. The second kappa shape index (κ2) is 4.72. The highest BCUT2D eigenvalue weighted by atomic mass is 16.3. The number of phenolic OH excluding ortho intramolecular Hbond substituents is 2. The van der Waals surface area contributed by atoms with Gasteiger partial charge < -0.3 is 15.5 Å². The zero-order chi connectivity index (χ0) is 11.5. The molecule has 88 valence electrons. The molecule has 1 aliphatic heterocycles. The fraction of sp³-hybridized carbons (Fsp3) is 0.500. The second-order valence-corrected chi connectivity index (χ2v) is 4.24. The molecule has 3 N–H and O–H groups in total. The molecule has 1 aromatic rings. The Kier molecular flexibility index (Phi) is 3.31. The highest BCUT2D eigenvalue weighted by Gasteiger charge is 2.14. The Balaban J connectivity index is 2.11. The summed E-state index contributed by atoms with van der Waals surface area (Å²) in [6.07, 6.45) is 0. The summed E-state index contributed by atoms with van der Waals surface area (Å²) in [5.41, 5.74) is 1.45. The molecular weight excluding hydrogens is 204 g/mol. The van der Waals surface area contributed by atoms with Crippen molar-refractivity contribution in [2.24, 2.45) is 0 Å². The summed E-state index contributed by atoms with van der Waals surface area (Å²) in [7, 11) is 0. The fourth-order valence-electron chi connectivity index (χ4n) is 1.98. The number of hydrogen-bond acceptors (Lipinski definition) is 4. The normalized spacial score (nSPS) is 17.6. The van der Waals surface area contributed by atoms with Crippen molar-refractivity contribution in [2.45, 2.75) is 13.5 Å². The summed E-state index contributed by atoms with van der Waals surface area (Å²) in [4.78, 5) is 2.29. The number of nitrogens with zero attached hydrogens (tertiary/aromatic N) is 1. The van der Waals surface area contributed by atoms with Gasteiger partial charge in [-0.25, -0.2) is 0 Å². The topological polar surface area (TPSA) is 55.7 Å². The number of nitrogens with one attached hydrogen (secondary N) is 1. The Hall–Kier alpha value is -1.26. The highest BCUT2D eigenvalue weighted by molar-refractivity contribution is 5.47. The van der Waals surface area contributed by atoms with E-state index in [2.05, 4.69) is 10.2 Å². The molecule has 4 nitrogen and oxygen atoms in total. The number of rotatable bonds is 2. The molecule has 2 rings (SSSR count). The minimum absolute atomic E-state index is 0.154. The number of hydrogen-bond donors (Lipinski definition) is 3. The molecule has 0 unspecified atom stereocenters. The first-order valence-corrected chi connectivity index (χ1v) is 5.62. The van der Waals surface area contributed by atoms with Crippen molar-refractivity contribution >= 4 is 0 Å². The molecule has 0 spiro atoms. The van der Waals surface area contributed by atoms with E-state index in [0.717, 1.165) is 38.3 Å². The van der Waals surface area contributed by atoms with E-state index in [0.29, 0.717) is 5.56 Å². The quantitative estimate of drug-likeness (QED) is 0.693. The number of phenols is 2. The maximum absolute atomic E-state index is 9.91. The van der Waals surface area contributed by atoms with Gasteiger partial charge in [-0.1, -0.05) is 6.07 Å². The average molecular weight is 222 g/mol. The van der Waals surface area contributed by atoms with Crippen molar-refractivity contribution in [3.05, 3.63) is 23.3 Å². The van der Waals surface area contributed by atoms with Crippen molar-refractivity contribution in [2.75, 3.05) is 26.2 Å². The van der Waals surface area contributed by atoms with Crippen molar-refractivity contribution in [1.29, 1.82) is 0 Å². The molecule has 0 amide bonds. The molecular formula is C12H18N2O2. The maximum atomic E-state index is 9.91. The first kappa shape index (κ1) is 11.2. The zero-order valence-electron chi connectivity index (χ0n) is 9.53. The van der Waals surface area contributed by atoms with Crippen LogP contribution in [0.2, 0.25) is 0 Å². The molecule has 4 heteroatoms. The summed E-state index contributed by atoms with van der Waals surface area (Å²) >= 11 is 0. The predicted octanol–water partition coefficient (Wildman–Crippen LogP) is 0.811. The van der Waals surface area contributed by atoms with Crippen LogP contribution >= 0.6 is 0 Å². The van der Waals surface area contributed by atoms with E-state index in [1.807, 2.05) is 0 Å². The monoisotopic (exact) mass is 222 g/mol. The smallest absolute Gasteiger partial charge is 0.126 e. The third kappa shape index (κ3) is 2.28. The van der Waals surface area contributed by atoms with Crippen LogP contribution in [0, 0.1) is 6.92 Å². The van der Waals surface area contributed by atoms with E-state index in [1.54, 1.807) is 19.1 Å². The standard InChI is InChI=1S/C12H18N2O2/c1-9-11(15)3-2-10(12(9)16)8-14-6-4-13-5-7-14/h2-3,13,15-16H,4-8H2,1H3. The summed E-state index contributed by atoms with van der Waals surface area (Å²) in [6, 6.07) is 3.44. The van der Waals surface area contributed by atoms with Crippen LogP contribution in [0.15, 0.2) is 12.1 Å². The van der Waals surface area contributed by atoms with Gasteiger partial charge >= 0.3 is 0 Å². The number of aromatic hydroxyl groups is 2. The largest absolute Gasteiger partial charge is 0.508 e. The maximum Gasteiger partial charge on any atom is 0.126 e. The van der Waals surface area contributed by atoms with Gasteiger partial charge in [0.1, 0.15) is 11.5 Å². The van der Waals surface area contributed by atoms with E-state index in [-0.39, 0.29) is 11.5 Å². The summed E-state index contributed by atoms with van der Waals surface area (Å²) < 4.78 is 0. The van der Waals surface area contributed by atoms with Gasteiger partial charge in [0.05, 0.1) is 0 Å². The summed E-state index contributed by atoms with van der Waals surface area (Å²) in [5.74, 6) is 0.375. The number of piperazine rings is 1. The van der Waals surface area contributed by atoms with Crippen LogP contribution < -0.4 is 5.32 Å². The second-order valence-electron chi connectivity index (χ2n) is 4.24. The fourth-order valence-corrected chi connectivity index (χ4v) is 1.98. The van der Waals surface area contributed by atoms with E-state index >= 15 is 0 Å². The average Bonchev–Trinajstić information content (AvgIpc) is 2.31. The molecule has 1 aliphatic rings. The molecule has 1 fully saturated rings. The van der Waals surface area contributed by atoms with Crippen LogP contribution in [0.4, 0.5) is 0 Å². The lowest BCUT2D eigenvalue weighted by Gasteiger charge is -2.27. The Bertz CT molecular complexity index is 374. The summed E-state index contributed by atoms with van der Waals surface area (Å²) in [5, 5.41) is 22.6. The molecule has 0 aliphatic carbocycles. The third-order valence-corrected chi connectivity index (χ3v) is 3.09. The van der Waals surface area contributed by atoms with Gasteiger partial charge in [-0.3, -0.25) is 4.90 Å². The van der Waals surface area contributed by atoms with Gasteiger partial charge in [0, 0.05) is 43.9 Å². The van der Waals surface area contributed by atoms with E-state index in [4.69, 9.17) is 0 Å². The highest BCUT2D eigenvalue weighted by Crippen LogP contribution is 2.30. The zero-order valence-corrected chi connectivity index (χ0v) is 9.53. The SMILES string of the molecule is Cc1c(O)ccc(CN2CCNCC2)c1O. The molecule has 0 radical (unpaired) electrons. The van der Waals surface area contributed by atoms with Crippen LogP contribution in [0.1, 0.15) is 11.1 Å².